The molecule has 0 aliphatic carbocycles. The van der Waals surface area contributed by atoms with E-state index in [1.807, 2.05) is 30.5 Å². The summed E-state index contributed by atoms with van der Waals surface area (Å²) in [6.07, 6.45) is 5.47. The second-order valence-electron chi connectivity index (χ2n) is 7.10. The predicted molar refractivity (Wildman–Crippen MR) is 106 cm³/mol. The number of nitrogens with zero attached hydrogens (tertiary/aromatic N) is 2. The Morgan fingerprint density at radius 3 is 2.73 bits per heavy atom. The number of aromatic nitrogens is 1. The summed E-state index contributed by atoms with van der Waals surface area (Å²) in [5.41, 5.74) is 2.10. The number of carbonyl (C=O) groups is 1. The monoisotopic (exact) mass is 371 g/mol. The molecule has 1 aromatic carbocycles. The van der Waals surface area contributed by atoms with E-state index in [9.17, 15) is 4.79 Å². The van der Waals surface area contributed by atoms with Crippen LogP contribution in [0, 0.1) is 5.92 Å². The van der Waals surface area contributed by atoms with Crippen molar-refractivity contribution >= 4 is 23.3 Å². The molecule has 1 amide bonds. The Morgan fingerprint density at radius 1 is 1.23 bits per heavy atom. The minimum absolute atomic E-state index is 0.0408. The molecule has 1 aromatic heterocycles. The molecular weight excluding hydrogens is 346 g/mol. The van der Waals surface area contributed by atoms with Gasteiger partial charge in [-0.15, -0.1) is 0 Å². The van der Waals surface area contributed by atoms with Gasteiger partial charge in [0.15, 0.2) is 0 Å². The number of benzene rings is 1. The average molecular weight is 372 g/mol. The second-order valence-corrected chi connectivity index (χ2v) is 7.54. The first-order chi connectivity index (χ1) is 12.6. The molecule has 1 aliphatic rings. The van der Waals surface area contributed by atoms with Crippen LogP contribution >= 0.6 is 11.6 Å². The summed E-state index contributed by atoms with van der Waals surface area (Å²) in [6, 6.07) is 11.8. The highest BCUT2D eigenvalue weighted by atomic mass is 35.5. The number of hydrogen-bond donors (Lipinski definition) is 1. The first-order valence-electron chi connectivity index (χ1n) is 9.31. The van der Waals surface area contributed by atoms with Gasteiger partial charge in [-0.05, 0) is 54.5 Å². The second kappa shape index (κ2) is 9.04. The zero-order valence-electron chi connectivity index (χ0n) is 15.2. The van der Waals surface area contributed by atoms with Crippen LogP contribution < -0.4 is 10.2 Å². The van der Waals surface area contributed by atoms with E-state index < -0.39 is 0 Å². The molecule has 1 saturated heterocycles. The van der Waals surface area contributed by atoms with Crippen LogP contribution in [-0.4, -0.2) is 24.0 Å². The van der Waals surface area contributed by atoms with Crippen molar-refractivity contribution in [2.45, 2.75) is 39.2 Å². The van der Waals surface area contributed by atoms with Crippen molar-refractivity contribution in [3.63, 3.8) is 0 Å². The molecule has 0 bridgehead atoms. The van der Waals surface area contributed by atoms with Crippen molar-refractivity contribution in [1.82, 2.24) is 10.3 Å². The lowest BCUT2D eigenvalue weighted by atomic mass is 9.99. The van der Waals surface area contributed by atoms with Crippen molar-refractivity contribution in [2.75, 3.05) is 18.0 Å². The van der Waals surface area contributed by atoms with Gasteiger partial charge in [0, 0.05) is 37.3 Å². The third-order valence-corrected chi connectivity index (χ3v) is 5.17. The number of nitrogens with one attached hydrogen (secondary N) is 1. The fraction of sp³-hybridized carbons (Fsp3) is 0.429. The van der Waals surface area contributed by atoms with Crippen molar-refractivity contribution in [2.24, 2.45) is 5.92 Å². The summed E-state index contributed by atoms with van der Waals surface area (Å²) in [5, 5.41) is 3.67. The Morgan fingerprint density at radius 2 is 2.04 bits per heavy atom. The van der Waals surface area contributed by atoms with E-state index in [-0.39, 0.29) is 5.91 Å². The number of halogens is 1. The topological polar surface area (TPSA) is 45.2 Å². The smallest absolute Gasteiger partial charge is 0.220 e. The minimum Gasteiger partial charge on any atom is -0.357 e. The molecule has 0 unspecified atom stereocenters. The molecule has 2 aromatic rings. The normalized spacial score (nSPS) is 15.1. The first kappa shape index (κ1) is 18.7. The quantitative estimate of drug-likeness (QED) is 0.826. The van der Waals surface area contributed by atoms with Gasteiger partial charge in [0.2, 0.25) is 5.91 Å². The summed E-state index contributed by atoms with van der Waals surface area (Å²) < 4.78 is 0. The van der Waals surface area contributed by atoms with Gasteiger partial charge in [-0.25, -0.2) is 4.98 Å². The maximum absolute atomic E-state index is 12.0. The van der Waals surface area contributed by atoms with Gasteiger partial charge in [0.1, 0.15) is 5.82 Å². The fourth-order valence-electron chi connectivity index (χ4n) is 3.19. The van der Waals surface area contributed by atoms with Crippen LogP contribution in [0.4, 0.5) is 5.82 Å². The number of rotatable bonds is 6. The van der Waals surface area contributed by atoms with Crippen LogP contribution in [0.25, 0.3) is 0 Å². The van der Waals surface area contributed by atoms with Crippen LogP contribution in [0.3, 0.4) is 0 Å². The van der Waals surface area contributed by atoms with Gasteiger partial charge in [0.25, 0.3) is 0 Å². The van der Waals surface area contributed by atoms with Gasteiger partial charge < -0.3 is 10.2 Å². The van der Waals surface area contributed by atoms with Crippen LogP contribution in [-0.2, 0) is 17.8 Å². The summed E-state index contributed by atoms with van der Waals surface area (Å²) in [7, 11) is 0. The number of anilines is 1. The molecule has 1 aliphatic heterocycles. The highest BCUT2D eigenvalue weighted by Crippen LogP contribution is 2.21. The maximum Gasteiger partial charge on any atom is 0.220 e. The van der Waals surface area contributed by atoms with Gasteiger partial charge in [-0.1, -0.05) is 36.7 Å². The molecule has 26 heavy (non-hydrogen) atoms. The van der Waals surface area contributed by atoms with Crippen molar-refractivity contribution in [3.8, 4) is 0 Å². The average Bonchev–Trinajstić information content (AvgIpc) is 2.66. The third kappa shape index (κ3) is 5.46. The van der Waals surface area contributed by atoms with Crippen molar-refractivity contribution in [1.29, 1.82) is 0 Å². The van der Waals surface area contributed by atoms with E-state index in [0.29, 0.717) is 24.4 Å². The number of amides is 1. The molecule has 0 atom stereocenters. The predicted octanol–water partition coefficient (Wildman–Crippen LogP) is 4.22. The van der Waals surface area contributed by atoms with Crippen LogP contribution in [0.15, 0.2) is 42.6 Å². The number of hydrogen-bond acceptors (Lipinski definition) is 3. The lowest BCUT2D eigenvalue weighted by Gasteiger charge is -2.31. The van der Waals surface area contributed by atoms with E-state index in [1.54, 1.807) is 0 Å². The maximum atomic E-state index is 12.0. The summed E-state index contributed by atoms with van der Waals surface area (Å²) >= 11 is 5.97. The van der Waals surface area contributed by atoms with Crippen molar-refractivity contribution in [3.05, 3.63) is 58.7 Å². The molecule has 1 N–H and O–H groups in total. The summed E-state index contributed by atoms with van der Waals surface area (Å²) in [4.78, 5) is 19.0. The standard InChI is InChI=1S/C21H26ClN3O/c1-16-9-11-25(12-10-16)20-7-5-18(14-23-20)15-24-21(26)8-6-17-3-2-4-19(22)13-17/h2-5,7,13-14,16H,6,8-12,15H2,1H3,(H,24,26). The highest BCUT2D eigenvalue weighted by Gasteiger charge is 2.16. The molecule has 1 fully saturated rings. The molecule has 3 rings (SSSR count). The third-order valence-electron chi connectivity index (χ3n) is 4.94. The van der Waals surface area contributed by atoms with E-state index in [1.165, 1.54) is 12.8 Å². The highest BCUT2D eigenvalue weighted by molar-refractivity contribution is 6.30. The van der Waals surface area contributed by atoms with Gasteiger partial charge in [-0.3, -0.25) is 4.79 Å². The lowest BCUT2D eigenvalue weighted by Crippen LogP contribution is -2.33. The number of pyridine rings is 1. The number of carbonyl (C=O) groups excluding carboxylic acids is 1. The Bertz CT molecular complexity index is 724. The molecule has 5 heteroatoms. The zero-order valence-corrected chi connectivity index (χ0v) is 16.0. The van der Waals surface area contributed by atoms with E-state index >= 15 is 0 Å². The molecule has 138 valence electrons. The zero-order chi connectivity index (χ0) is 18.4. The minimum atomic E-state index is 0.0408. The van der Waals surface area contributed by atoms with Gasteiger partial charge in [0.05, 0.1) is 0 Å². The van der Waals surface area contributed by atoms with Crippen molar-refractivity contribution < 1.29 is 4.79 Å². The Kier molecular flexibility index (Phi) is 6.51. The molecule has 0 saturated carbocycles. The Labute approximate surface area is 160 Å². The van der Waals surface area contributed by atoms with Crippen LogP contribution in [0.1, 0.15) is 37.3 Å². The summed E-state index contributed by atoms with van der Waals surface area (Å²) in [6.45, 7) is 4.98. The Hall–Kier alpha value is -2.07. The lowest BCUT2D eigenvalue weighted by molar-refractivity contribution is -0.121. The van der Waals surface area contributed by atoms with E-state index in [4.69, 9.17) is 11.6 Å². The molecule has 0 spiro atoms. The fourth-order valence-corrected chi connectivity index (χ4v) is 3.40. The molecule has 2 heterocycles. The first-order valence-corrected chi connectivity index (χ1v) is 9.69. The number of piperidine rings is 1. The van der Waals surface area contributed by atoms with Crippen LogP contribution in [0.2, 0.25) is 5.02 Å². The number of aryl methyl sites for hydroxylation is 1. The van der Waals surface area contributed by atoms with Gasteiger partial charge >= 0.3 is 0 Å². The Balaban J connectivity index is 1.43. The summed E-state index contributed by atoms with van der Waals surface area (Å²) in [5.74, 6) is 1.89. The van der Waals surface area contributed by atoms with Gasteiger partial charge in [-0.2, -0.15) is 0 Å². The largest absolute Gasteiger partial charge is 0.357 e. The van der Waals surface area contributed by atoms with E-state index in [2.05, 4.69) is 34.3 Å². The molecule has 0 radical (unpaired) electrons. The molecule has 4 nitrogen and oxygen atoms in total. The van der Waals surface area contributed by atoms with Crippen LogP contribution in [0.5, 0.6) is 0 Å². The SMILES string of the molecule is CC1CCN(c2ccc(CNC(=O)CCc3cccc(Cl)c3)cn2)CC1. The van der Waals surface area contributed by atoms with E-state index in [0.717, 1.165) is 36.0 Å². The molecular formula is C21H26ClN3O.